The molecule has 0 spiro atoms. The number of nitrogens with zero attached hydrogens (tertiary/aromatic N) is 1. The summed E-state index contributed by atoms with van der Waals surface area (Å²) in [7, 11) is 1.66. The molecular formula is C15H25N3O3. The molecule has 0 radical (unpaired) electrons. The predicted octanol–water partition coefficient (Wildman–Crippen LogP) is 1.49. The van der Waals surface area contributed by atoms with Crippen molar-refractivity contribution in [3.05, 3.63) is 23.8 Å². The minimum atomic E-state index is 0.148. The largest absolute Gasteiger partial charge is 0.504 e. The van der Waals surface area contributed by atoms with Gasteiger partial charge in [0.05, 0.1) is 19.8 Å². The fourth-order valence-electron chi connectivity index (χ4n) is 1.71. The molecule has 1 rings (SSSR count). The maximum atomic E-state index is 9.67. The zero-order chi connectivity index (χ0) is 15.5. The Labute approximate surface area is 126 Å². The minimum absolute atomic E-state index is 0.148. The minimum Gasteiger partial charge on any atom is -0.504 e. The molecule has 0 saturated heterocycles. The molecule has 0 saturated carbocycles. The smallest absolute Gasteiger partial charge is 0.191 e. The Morgan fingerprint density at radius 1 is 1.29 bits per heavy atom. The Hall–Kier alpha value is -1.95. The first-order chi connectivity index (χ1) is 10.2. The summed E-state index contributed by atoms with van der Waals surface area (Å²) in [5, 5.41) is 16.0. The second-order valence-corrected chi connectivity index (χ2v) is 4.35. The van der Waals surface area contributed by atoms with E-state index in [0.717, 1.165) is 18.1 Å². The summed E-state index contributed by atoms with van der Waals surface area (Å²) >= 11 is 0. The lowest BCUT2D eigenvalue weighted by atomic mass is 10.2. The third-order valence-electron chi connectivity index (χ3n) is 2.69. The number of phenolic OH excluding ortho intramolecular Hbond substituents is 1. The fourth-order valence-corrected chi connectivity index (χ4v) is 1.71. The van der Waals surface area contributed by atoms with Crippen LogP contribution in [0.15, 0.2) is 23.2 Å². The molecule has 0 aliphatic carbocycles. The van der Waals surface area contributed by atoms with Crippen molar-refractivity contribution in [3.8, 4) is 11.5 Å². The number of rotatable bonds is 8. The Morgan fingerprint density at radius 2 is 2.10 bits per heavy atom. The molecule has 0 aliphatic heterocycles. The molecule has 0 atom stereocenters. The Kier molecular flexibility index (Phi) is 8.04. The molecule has 21 heavy (non-hydrogen) atoms. The first kappa shape index (κ1) is 17.1. The van der Waals surface area contributed by atoms with E-state index in [-0.39, 0.29) is 5.75 Å². The highest BCUT2D eigenvalue weighted by Crippen LogP contribution is 2.26. The summed E-state index contributed by atoms with van der Waals surface area (Å²) in [4.78, 5) is 4.49. The number of hydrogen-bond acceptors (Lipinski definition) is 4. The number of ether oxygens (including phenoxy) is 2. The Balaban J connectivity index is 2.67. The van der Waals surface area contributed by atoms with Crippen LogP contribution in [-0.2, 0) is 11.3 Å². The SMILES string of the molecule is CCNC(=NCc1ccc(O)c(OCC)c1)NCCOC. The number of nitrogens with one attached hydrogen (secondary N) is 2. The number of guanidine groups is 1. The van der Waals surface area contributed by atoms with Crippen LogP contribution in [0.3, 0.4) is 0 Å². The molecule has 6 nitrogen and oxygen atoms in total. The van der Waals surface area contributed by atoms with Crippen LogP contribution in [0.5, 0.6) is 11.5 Å². The number of aliphatic imine (C=N–C) groups is 1. The van der Waals surface area contributed by atoms with Crippen LogP contribution < -0.4 is 15.4 Å². The number of hydrogen-bond donors (Lipinski definition) is 3. The highest BCUT2D eigenvalue weighted by molar-refractivity contribution is 5.79. The summed E-state index contributed by atoms with van der Waals surface area (Å²) in [6, 6.07) is 5.27. The highest BCUT2D eigenvalue weighted by Gasteiger charge is 2.03. The molecule has 0 heterocycles. The van der Waals surface area contributed by atoms with E-state index >= 15 is 0 Å². The summed E-state index contributed by atoms with van der Waals surface area (Å²) in [5.41, 5.74) is 0.972. The van der Waals surface area contributed by atoms with E-state index in [1.165, 1.54) is 0 Å². The van der Waals surface area contributed by atoms with Gasteiger partial charge in [0.15, 0.2) is 17.5 Å². The second-order valence-electron chi connectivity index (χ2n) is 4.35. The third kappa shape index (κ3) is 6.35. The van der Waals surface area contributed by atoms with Crippen molar-refractivity contribution in [3.63, 3.8) is 0 Å². The fraction of sp³-hybridized carbons (Fsp3) is 0.533. The van der Waals surface area contributed by atoms with E-state index in [1.807, 2.05) is 19.9 Å². The maximum Gasteiger partial charge on any atom is 0.191 e. The second kappa shape index (κ2) is 9.88. The average Bonchev–Trinajstić information content (AvgIpc) is 2.48. The van der Waals surface area contributed by atoms with Gasteiger partial charge in [-0.3, -0.25) is 0 Å². The average molecular weight is 295 g/mol. The van der Waals surface area contributed by atoms with Crippen LogP contribution in [0.4, 0.5) is 0 Å². The first-order valence-electron chi connectivity index (χ1n) is 7.17. The molecule has 0 bridgehead atoms. The van der Waals surface area contributed by atoms with Gasteiger partial charge in [-0.2, -0.15) is 0 Å². The summed E-state index contributed by atoms with van der Waals surface area (Å²) < 4.78 is 10.4. The molecule has 0 aromatic heterocycles. The summed E-state index contributed by atoms with van der Waals surface area (Å²) in [5.74, 6) is 1.37. The zero-order valence-corrected chi connectivity index (χ0v) is 13.0. The maximum absolute atomic E-state index is 9.67. The lowest BCUT2D eigenvalue weighted by Gasteiger charge is -2.11. The lowest BCUT2D eigenvalue weighted by Crippen LogP contribution is -2.38. The van der Waals surface area contributed by atoms with Crippen LogP contribution in [0.2, 0.25) is 0 Å². The third-order valence-corrected chi connectivity index (χ3v) is 2.69. The summed E-state index contributed by atoms with van der Waals surface area (Å²) in [6.45, 7) is 7.03. The van der Waals surface area contributed by atoms with E-state index in [2.05, 4.69) is 15.6 Å². The number of benzene rings is 1. The molecule has 1 aromatic rings. The monoisotopic (exact) mass is 295 g/mol. The normalized spacial score (nSPS) is 11.3. The van der Waals surface area contributed by atoms with E-state index in [1.54, 1.807) is 19.2 Å². The molecule has 6 heteroatoms. The number of phenols is 1. The van der Waals surface area contributed by atoms with Crippen molar-refractivity contribution in [1.82, 2.24) is 10.6 Å². The van der Waals surface area contributed by atoms with Gasteiger partial charge in [0.25, 0.3) is 0 Å². The molecule has 0 aliphatic rings. The van der Waals surface area contributed by atoms with Gasteiger partial charge in [-0.15, -0.1) is 0 Å². The van der Waals surface area contributed by atoms with Gasteiger partial charge >= 0.3 is 0 Å². The molecule has 118 valence electrons. The Bertz CT molecular complexity index is 450. The molecule has 0 unspecified atom stereocenters. The molecular weight excluding hydrogens is 270 g/mol. The van der Waals surface area contributed by atoms with Crippen molar-refractivity contribution in [2.45, 2.75) is 20.4 Å². The van der Waals surface area contributed by atoms with E-state index in [0.29, 0.717) is 32.1 Å². The van der Waals surface area contributed by atoms with Crippen molar-refractivity contribution in [2.75, 3.05) is 33.4 Å². The quantitative estimate of drug-likeness (QED) is 0.385. The molecule has 3 N–H and O–H groups in total. The van der Waals surface area contributed by atoms with Crippen molar-refractivity contribution in [1.29, 1.82) is 0 Å². The van der Waals surface area contributed by atoms with Gasteiger partial charge in [-0.05, 0) is 31.5 Å². The van der Waals surface area contributed by atoms with Crippen molar-refractivity contribution >= 4 is 5.96 Å². The van der Waals surface area contributed by atoms with Crippen LogP contribution in [0.25, 0.3) is 0 Å². The van der Waals surface area contributed by atoms with E-state index < -0.39 is 0 Å². The molecule has 1 aromatic carbocycles. The Morgan fingerprint density at radius 3 is 2.76 bits per heavy atom. The number of aromatic hydroxyl groups is 1. The van der Waals surface area contributed by atoms with E-state index in [9.17, 15) is 5.11 Å². The number of methoxy groups -OCH3 is 1. The zero-order valence-electron chi connectivity index (χ0n) is 13.0. The highest BCUT2D eigenvalue weighted by atomic mass is 16.5. The van der Waals surface area contributed by atoms with Gasteiger partial charge in [0.1, 0.15) is 0 Å². The van der Waals surface area contributed by atoms with E-state index in [4.69, 9.17) is 9.47 Å². The van der Waals surface area contributed by atoms with Gasteiger partial charge in [0, 0.05) is 20.2 Å². The predicted molar refractivity (Wildman–Crippen MR) is 84.0 cm³/mol. The molecule has 0 amide bonds. The van der Waals surface area contributed by atoms with Crippen LogP contribution >= 0.6 is 0 Å². The van der Waals surface area contributed by atoms with Crippen molar-refractivity contribution in [2.24, 2.45) is 4.99 Å². The standard InChI is InChI=1S/C15H25N3O3/c1-4-16-15(17-8-9-20-3)18-11-12-6-7-13(19)14(10-12)21-5-2/h6-7,10,19H,4-5,8-9,11H2,1-3H3,(H2,16,17,18). The van der Waals surface area contributed by atoms with Crippen LogP contribution in [0.1, 0.15) is 19.4 Å². The lowest BCUT2D eigenvalue weighted by molar-refractivity contribution is 0.203. The first-order valence-corrected chi connectivity index (χ1v) is 7.17. The van der Waals surface area contributed by atoms with Gasteiger partial charge in [-0.25, -0.2) is 4.99 Å². The van der Waals surface area contributed by atoms with Gasteiger partial charge < -0.3 is 25.2 Å². The van der Waals surface area contributed by atoms with Gasteiger partial charge in [0.2, 0.25) is 0 Å². The molecule has 0 fully saturated rings. The van der Waals surface area contributed by atoms with Crippen LogP contribution in [-0.4, -0.2) is 44.5 Å². The van der Waals surface area contributed by atoms with Gasteiger partial charge in [-0.1, -0.05) is 6.07 Å². The van der Waals surface area contributed by atoms with Crippen molar-refractivity contribution < 1.29 is 14.6 Å². The summed E-state index contributed by atoms with van der Waals surface area (Å²) in [6.07, 6.45) is 0. The van der Waals surface area contributed by atoms with Crippen LogP contribution in [0, 0.1) is 0 Å². The topological polar surface area (TPSA) is 75.1 Å².